The van der Waals surface area contributed by atoms with E-state index >= 15 is 0 Å². The highest BCUT2D eigenvalue weighted by Gasteiger charge is 2.16. The standard InChI is InChI=1S/C18H18N2O3/c1-3-13-4-6-14(7-5-13)12(2)19-20-18(21)15-8-9-16-17(10-15)23-11-22-16/h4-10H,3,11H2,1-2H3,(H,20,21)/b19-12+. The number of rotatable bonds is 4. The average Bonchev–Trinajstić information content (AvgIpc) is 3.07. The number of carbonyl (C=O) groups is 1. The molecular formula is C18H18N2O3. The zero-order chi connectivity index (χ0) is 16.2. The molecule has 0 unspecified atom stereocenters. The molecule has 1 N–H and O–H groups in total. The first kappa shape index (κ1) is 15.1. The fourth-order valence-electron chi connectivity index (χ4n) is 2.28. The Labute approximate surface area is 134 Å². The Hall–Kier alpha value is -2.82. The molecule has 0 saturated heterocycles. The van der Waals surface area contributed by atoms with Gasteiger partial charge in [-0.2, -0.15) is 5.10 Å². The van der Waals surface area contributed by atoms with E-state index in [4.69, 9.17) is 9.47 Å². The highest BCUT2D eigenvalue weighted by molar-refractivity contribution is 6.01. The van der Waals surface area contributed by atoms with Crippen LogP contribution in [0.15, 0.2) is 47.6 Å². The van der Waals surface area contributed by atoms with Crippen LogP contribution in [0, 0.1) is 0 Å². The molecule has 0 radical (unpaired) electrons. The summed E-state index contributed by atoms with van der Waals surface area (Å²) in [5, 5.41) is 4.16. The van der Waals surface area contributed by atoms with Gasteiger partial charge >= 0.3 is 0 Å². The zero-order valence-corrected chi connectivity index (χ0v) is 13.1. The second-order valence-electron chi connectivity index (χ2n) is 5.26. The van der Waals surface area contributed by atoms with E-state index < -0.39 is 0 Å². The summed E-state index contributed by atoms with van der Waals surface area (Å²) < 4.78 is 10.5. The molecular weight excluding hydrogens is 292 g/mol. The number of amides is 1. The minimum Gasteiger partial charge on any atom is -0.454 e. The van der Waals surface area contributed by atoms with Crippen LogP contribution in [0.2, 0.25) is 0 Å². The number of ether oxygens (including phenoxy) is 2. The second-order valence-corrected chi connectivity index (χ2v) is 5.26. The van der Waals surface area contributed by atoms with Gasteiger partial charge in [-0.3, -0.25) is 4.79 Å². The number of carbonyl (C=O) groups excluding carboxylic acids is 1. The van der Waals surface area contributed by atoms with Crippen molar-refractivity contribution in [1.29, 1.82) is 0 Å². The minimum absolute atomic E-state index is 0.186. The Morgan fingerprint density at radius 1 is 1.09 bits per heavy atom. The molecule has 2 aromatic carbocycles. The molecule has 0 atom stereocenters. The summed E-state index contributed by atoms with van der Waals surface area (Å²) in [7, 11) is 0. The van der Waals surface area contributed by atoms with Crippen molar-refractivity contribution in [2.45, 2.75) is 20.3 Å². The Morgan fingerprint density at radius 3 is 2.52 bits per heavy atom. The van der Waals surface area contributed by atoms with Gasteiger partial charge in [-0.1, -0.05) is 31.2 Å². The first-order valence-corrected chi connectivity index (χ1v) is 7.51. The number of nitrogens with zero attached hydrogens (tertiary/aromatic N) is 1. The van der Waals surface area contributed by atoms with Crippen molar-refractivity contribution in [2.75, 3.05) is 6.79 Å². The molecule has 3 rings (SSSR count). The molecule has 1 aliphatic rings. The van der Waals surface area contributed by atoms with Crippen LogP contribution in [-0.4, -0.2) is 18.4 Å². The Kier molecular flexibility index (Phi) is 4.28. The number of benzene rings is 2. The summed E-state index contributed by atoms with van der Waals surface area (Å²) in [5.41, 5.74) is 6.05. The van der Waals surface area contributed by atoms with Crippen LogP contribution in [0.1, 0.15) is 35.3 Å². The van der Waals surface area contributed by atoms with E-state index in [2.05, 4.69) is 29.6 Å². The molecule has 118 valence electrons. The van der Waals surface area contributed by atoms with Crippen LogP contribution < -0.4 is 14.9 Å². The van der Waals surface area contributed by atoms with Crippen LogP contribution in [0.4, 0.5) is 0 Å². The van der Waals surface area contributed by atoms with Gasteiger partial charge in [0.2, 0.25) is 6.79 Å². The lowest BCUT2D eigenvalue weighted by Crippen LogP contribution is -2.19. The summed E-state index contributed by atoms with van der Waals surface area (Å²) in [5.74, 6) is 0.943. The molecule has 0 spiro atoms. The van der Waals surface area contributed by atoms with E-state index in [0.29, 0.717) is 17.1 Å². The molecule has 23 heavy (non-hydrogen) atoms. The van der Waals surface area contributed by atoms with Crippen LogP contribution in [0.3, 0.4) is 0 Å². The molecule has 0 aromatic heterocycles. The maximum Gasteiger partial charge on any atom is 0.271 e. The maximum absolute atomic E-state index is 12.2. The van der Waals surface area contributed by atoms with Gasteiger partial charge in [-0.25, -0.2) is 5.43 Å². The Balaban J connectivity index is 1.69. The van der Waals surface area contributed by atoms with Crippen LogP contribution in [-0.2, 0) is 6.42 Å². The molecule has 0 fully saturated rings. The Morgan fingerprint density at radius 2 is 1.78 bits per heavy atom. The fraction of sp³-hybridized carbons (Fsp3) is 0.222. The smallest absolute Gasteiger partial charge is 0.271 e. The zero-order valence-electron chi connectivity index (χ0n) is 13.1. The topological polar surface area (TPSA) is 59.9 Å². The first-order valence-electron chi connectivity index (χ1n) is 7.51. The van der Waals surface area contributed by atoms with Crippen molar-refractivity contribution in [1.82, 2.24) is 5.43 Å². The Bertz CT molecular complexity index is 751. The van der Waals surface area contributed by atoms with Gasteiger partial charge in [0.15, 0.2) is 11.5 Å². The number of hydrazone groups is 1. The van der Waals surface area contributed by atoms with E-state index in [1.165, 1.54) is 5.56 Å². The van der Waals surface area contributed by atoms with Crippen molar-refractivity contribution < 1.29 is 14.3 Å². The van der Waals surface area contributed by atoms with Crippen LogP contribution >= 0.6 is 0 Å². The van der Waals surface area contributed by atoms with Gasteiger partial charge in [-0.15, -0.1) is 0 Å². The third-order valence-electron chi connectivity index (χ3n) is 3.74. The van der Waals surface area contributed by atoms with Gasteiger partial charge < -0.3 is 9.47 Å². The van der Waals surface area contributed by atoms with Crippen molar-refractivity contribution in [3.05, 3.63) is 59.2 Å². The summed E-state index contributed by atoms with van der Waals surface area (Å²) in [6.07, 6.45) is 0.997. The first-order chi connectivity index (χ1) is 11.2. The monoisotopic (exact) mass is 310 g/mol. The third-order valence-corrected chi connectivity index (χ3v) is 3.74. The van der Waals surface area contributed by atoms with Crippen molar-refractivity contribution in [2.24, 2.45) is 5.10 Å². The van der Waals surface area contributed by atoms with E-state index in [0.717, 1.165) is 17.7 Å². The molecule has 1 aliphatic heterocycles. The van der Waals surface area contributed by atoms with Gasteiger partial charge in [0.1, 0.15) is 0 Å². The third kappa shape index (κ3) is 3.34. The lowest BCUT2D eigenvalue weighted by atomic mass is 10.1. The van der Waals surface area contributed by atoms with Gasteiger partial charge in [0.05, 0.1) is 5.71 Å². The predicted octanol–water partition coefficient (Wildman–Crippen LogP) is 3.13. The van der Waals surface area contributed by atoms with Crippen molar-refractivity contribution in [3.8, 4) is 11.5 Å². The van der Waals surface area contributed by atoms with Gasteiger partial charge in [0.25, 0.3) is 5.91 Å². The molecule has 5 heteroatoms. The van der Waals surface area contributed by atoms with E-state index in [9.17, 15) is 4.79 Å². The number of hydrogen-bond donors (Lipinski definition) is 1. The van der Waals surface area contributed by atoms with E-state index in [-0.39, 0.29) is 12.7 Å². The van der Waals surface area contributed by atoms with Crippen molar-refractivity contribution in [3.63, 3.8) is 0 Å². The number of nitrogens with one attached hydrogen (secondary N) is 1. The molecule has 1 amide bonds. The fourth-order valence-corrected chi connectivity index (χ4v) is 2.28. The summed E-state index contributed by atoms with van der Waals surface area (Å²) in [6, 6.07) is 13.2. The largest absolute Gasteiger partial charge is 0.454 e. The highest BCUT2D eigenvalue weighted by atomic mass is 16.7. The lowest BCUT2D eigenvalue weighted by molar-refractivity contribution is 0.0954. The summed E-state index contributed by atoms with van der Waals surface area (Å²) in [4.78, 5) is 12.2. The van der Waals surface area contributed by atoms with Crippen LogP contribution in [0.5, 0.6) is 11.5 Å². The minimum atomic E-state index is -0.284. The van der Waals surface area contributed by atoms with E-state index in [1.54, 1.807) is 18.2 Å². The molecule has 5 nitrogen and oxygen atoms in total. The number of fused-ring (bicyclic) bond motifs is 1. The number of aryl methyl sites for hydroxylation is 1. The van der Waals surface area contributed by atoms with Gasteiger partial charge in [0, 0.05) is 5.56 Å². The maximum atomic E-state index is 12.2. The lowest BCUT2D eigenvalue weighted by Gasteiger charge is -2.05. The second kappa shape index (κ2) is 6.52. The molecule has 1 heterocycles. The number of hydrogen-bond acceptors (Lipinski definition) is 4. The van der Waals surface area contributed by atoms with Crippen molar-refractivity contribution >= 4 is 11.6 Å². The van der Waals surface area contributed by atoms with Crippen LogP contribution in [0.25, 0.3) is 0 Å². The molecule has 0 bridgehead atoms. The SMILES string of the molecule is CCc1ccc(/C(C)=N/NC(=O)c2ccc3c(c2)OCO3)cc1. The quantitative estimate of drug-likeness (QED) is 0.697. The van der Waals surface area contributed by atoms with E-state index in [1.807, 2.05) is 19.1 Å². The normalized spacial score (nSPS) is 13.0. The van der Waals surface area contributed by atoms with Gasteiger partial charge in [-0.05, 0) is 42.7 Å². The average molecular weight is 310 g/mol. The molecule has 0 aliphatic carbocycles. The highest BCUT2D eigenvalue weighted by Crippen LogP contribution is 2.32. The molecule has 0 saturated carbocycles. The predicted molar refractivity (Wildman–Crippen MR) is 88.1 cm³/mol. The molecule has 2 aromatic rings. The summed E-state index contributed by atoms with van der Waals surface area (Å²) >= 11 is 0. The summed E-state index contributed by atoms with van der Waals surface area (Å²) in [6.45, 7) is 4.16.